The van der Waals surface area contributed by atoms with Crippen LogP contribution in [0.1, 0.15) is 55.8 Å². The number of unbranched alkanes of at least 4 members (excludes halogenated alkanes) is 1. The summed E-state index contributed by atoms with van der Waals surface area (Å²) in [6.45, 7) is 5.95. The molecule has 1 aromatic rings. The molecule has 1 N–H and O–H groups in total. The summed E-state index contributed by atoms with van der Waals surface area (Å²) in [5, 5.41) is 12.5. The molecule has 19 heavy (non-hydrogen) atoms. The molecule has 1 aromatic heterocycles. The molecule has 0 saturated heterocycles. The van der Waals surface area contributed by atoms with Crippen LogP contribution in [-0.4, -0.2) is 40.1 Å². The molecule has 0 bridgehead atoms. The minimum Gasteiger partial charge on any atom is -0.360 e. The van der Waals surface area contributed by atoms with E-state index in [1.165, 1.54) is 11.3 Å². The first-order valence-electron chi connectivity index (χ1n) is 7.14. The van der Waals surface area contributed by atoms with Gasteiger partial charge in [-0.15, -0.1) is 10.2 Å². The Hall–Kier alpha value is -1.17. The zero-order valence-corrected chi connectivity index (χ0v) is 12.5. The van der Waals surface area contributed by atoms with E-state index in [1.54, 1.807) is 0 Å². The Morgan fingerprint density at radius 1 is 1.37 bits per heavy atom. The molecule has 5 nitrogen and oxygen atoms in total. The summed E-state index contributed by atoms with van der Waals surface area (Å²) in [5.41, 5.74) is 0. The molecule has 0 aromatic carbocycles. The molecule has 0 unspecified atom stereocenters. The van der Waals surface area contributed by atoms with Gasteiger partial charge >= 0.3 is 0 Å². The van der Waals surface area contributed by atoms with Gasteiger partial charge in [-0.3, -0.25) is 4.79 Å². The Bertz CT molecular complexity index is 417. The third-order valence-electron chi connectivity index (χ3n) is 3.14. The maximum absolute atomic E-state index is 12.4. The largest absolute Gasteiger partial charge is 0.360 e. The van der Waals surface area contributed by atoms with Gasteiger partial charge in [0, 0.05) is 19.1 Å². The van der Waals surface area contributed by atoms with Crippen LogP contribution in [0.5, 0.6) is 0 Å². The quantitative estimate of drug-likeness (QED) is 0.796. The number of anilines is 1. The van der Waals surface area contributed by atoms with Crippen LogP contribution < -0.4 is 5.32 Å². The van der Waals surface area contributed by atoms with Gasteiger partial charge in [0.2, 0.25) is 10.1 Å². The number of rotatable bonds is 8. The normalized spacial score (nSPS) is 14.4. The zero-order valence-electron chi connectivity index (χ0n) is 11.7. The number of hydrogen-bond donors (Lipinski definition) is 1. The first-order chi connectivity index (χ1) is 9.26. The molecule has 106 valence electrons. The molecule has 0 spiro atoms. The Morgan fingerprint density at radius 2 is 2.16 bits per heavy atom. The number of aromatic nitrogens is 2. The lowest BCUT2D eigenvalue weighted by Crippen LogP contribution is -2.33. The van der Waals surface area contributed by atoms with Gasteiger partial charge in [-0.1, -0.05) is 31.6 Å². The van der Waals surface area contributed by atoms with E-state index in [-0.39, 0.29) is 5.91 Å². The van der Waals surface area contributed by atoms with E-state index < -0.39 is 0 Å². The third kappa shape index (κ3) is 3.89. The highest BCUT2D eigenvalue weighted by Gasteiger charge is 2.33. The fraction of sp³-hybridized carbons (Fsp3) is 0.769. The fourth-order valence-corrected chi connectivity index (χ4v) is 2.63. The van der Waals surface area contributed by atoms with Crippen molar-refractivity contribution in [2.45, 2.75) is 52.0 Å². The van der Waals surface area contributed by atoms with Crippen LogP contribution in [0.2, 0.25) is 0 Å². The molecule has 0 radical (unpaired) electrons. The molecule has 2 rings (SSSR count). The molecule has 1 heterocycles. The van der Waals surface area contributed by atoms with Gasteiger partial charge in [-0.05, 0) is 25.7 Å². The van der Waals surface area contributed by atoms with Crippen LogP contribution in [0, 0.1) is 0 Å². The number of hydrogen-bond acceptors (Lipinski definition) is 5. The summed E-state index contributed by atoms with van der Waals surface area (Å²) in [4.78, 5) is 14.4. The Kier molecular flexibility index (Phi) is 5.13. The minimum atomic E-state index is 0.0537. The Balaban J connectivity index is 1.97. The molecule has 6 heteroatoms. The monoisotopic (exact) mass is 282 g/mol. The highest BCUT2D eigenvalue weighted by Crippen LogP contribution is 2.29. The minimum absolute atomic E-state index is 0.0537. The van der Waals surface area contributed by atoms with Crippen molar-refractivity contribution in [1.29, 1.82) is 0 Å². The van der Waals surface area contributed by atoms with Crippen LogP contribution in [0.3, 0.4) is 0 Å². The summed E-state index contributed by atoms with van der Waals surface area (Å²) in [6, 6.07) is 0.440. The first-order valence-corrected chi connectivity index (χ1v) is 7.96. The smallest absolute Gasteiger partial charge is 0.285 e. The van der Waals surface area contributed by atoms with Crippen molar-refractivity contribution >= 4 is 22.4 Å². The number of nitrogens with zero attached hydrogens (tertiary/aromatic N) is 3. The average molecular weight is 282 g/mol. The van der Waals surface area contributed by atoms with Gasteiger partial charge in [0.05, 0.1) is 0 Å². The Labute approximate surface area is 118 Å². The molecular weight excluding hydrogens is 260 g/mol. The molecule has 1 fully saturated rings. The topological polar surface area (TPSA) is 58.1 Å². The Morgan fingerprint density at radius 3 is 2.79 bits per heavy atom. The van der Waals surface area contributed by atoms with E-state index in [9.17, 15) is 4.79 Å². The number of carbonyl (C=O) groups excluding carboxylic acids is 1. The second-order valence-electron chi connectivity index (χ2n) is 4.92. The number of nitrogens with one attached hydrogen (secondary N) is 1. The van der Waals surface area contributed by atoms with Gasteiger partial charge in [0.15, 0.2) is 0 Å². The van der Waals surface area contributed by atoms with Crippen molar-refractivity contribution in [2.24, 2.45) is 0 Å². The van der Waals surface area contributed by atoms with Crippen molar-refractivity contribution in [3.8, 4) is 0 Å². The first kappa shape index (κ1) is 14.2. The van der Waals surface area contributed by atoms with Crippen LogP contribution >= 0.6 is 11.3 Å². The van der Waals surface area contributed by atoms with E-state index in [2.05, 4.69) is 29.4 Å². The molecule has 1 saturated carbocycles. The van der Waals surface area contributed by atoms with Gasteiger partial charge in [-0.2, -0.15) is 0 Å². The summed E-state index contributed by atoms with van der Waals surface area (Å²) < 4.78 is 0. The highest BCUT2D eigenvalue weighted by atomic mass is 32.1. The van der Waals surface area contributed by atoms with Crippen LogP contribution in [-0.2, 0) is 0 Å². The fourth-order valence-electron chi connectivity index (χ4n) is 1.90. The van der Waals surface area contributed by atoms with Crippen molar-refractivity contribution < 1.29 is 4.79 Å². The second-order valence-corrected chi connectivity index (χ2v) is 5.90. The molecule has 1 aliphatic carbocycles. The maximum Gasteiger partial charge on any atom is 0.285 e. The van der Waals surface area contributed by atoms with Crippen LogP contribution in [0.4, 0.5) is 5.13 Å². The number of amides is 1. The SMILES string of the molecule is CCCCN(C(=O)c1nnc(NCCC)s1)C1CC1. The summed E-state index contributed by atoms with van der Waals surface area (Å²) in [7, 11) is 0. The van der Waals surface area contributed by atoms with Crippen molar-refractivity contribution in [3.05, 3.63) is 5.01 Å². The molecular formula is C13H22N4OS. The third-order valence-corrected chi connectivity index (χ3v) is 4.00. The van der Waals surface area contributed by atoms with E-state index in [0.717, 1.165) is 50.3 Å². The summed E-state index contributed by atoms with van der Waals surface area (Å²) in [5.74, 6) is 0.0537. The standard InChI is InChI=1S/C13H22N4OS/c1-3-5-9-17(10-6-7-10)12(18)11-15-16-13(19-11)14-8-4-2/h10H,3-9H2,1-2H3,(H,14,16). The molecule has 0 atom stereocenters. The van der Waals surface area contributed by atoms with E-state index in [0.29, 0.717) is 11.0 Å². The average Bonchev–Trinajstić information content (AvgIpc) is 3.14. The van der Waals surface area contributed by atoms with Gasteiger partial charge in [0.1, 0.15) is 0 Å². The van der Waals surface area contributed by atoms with E-state index in [1.807, 2.05) is 4.90 Å². The van der Waals surface area contributed by atoms with E-state index in [4.69, 9.17) is 0 Å². The lowest BCUT2D eigenvalue weighted by molar-refractivity contribution is 0.0739. The lowest BCUT2D eigenvalue weighted by atomic mass is 10.3. The van der Waals surface area contributed by atoms with Gasteiger partial charge in [-0.25, -0.2) is 0 Å². The van der Waals surface area contributed by atoms with Crippen molar-refractivity contribution in [3.63, 3.8) is 0 Å². The van der Waals surface area contributed by atoms with Crippen LogP contribution in [0.25, 0.3) is 0 Å². The zero-order chi connectivity index (χ0) is 13.7. The lowest BCUT2D eigenvalue weighted by Gasteiger charge is -2.20. The molecule has 1 amide bonds. The predicted octanol–water partition coefficient (Wildman–Crippen LogP) is 2.76. The molecule has 0 aliphatic heterocycles. The number of carbonyl (C=O) groups is 1. The summed E-state index contributed by atoms with van der Waals surface area (Å²) >= 11 is 1.36. The van der Waals surface area contributed by atoms with Gasteiger partial charge in [0.25, 0.3) is 5.91 Å². The molecule has 1 aliphatic rings. The van der Waals surface area contributed by atoms with Crippen molar-refractivity contribution in [2.75, 3.05) is 18.4 Å². The predicted molar refractivity (Wildman–Crippen MR) is 77.7 cm³/mol. The van der Waals surface area contributed by atoms with Gasteiger partial charge < -0.3 is 10.2 Å². The second kappa shape index (κ2) is 6.84. The van der Waals surface area contributed by atoms with Crippen molar-refractivity contribution in [1.82, 2.24) is 15.1 Å². The van der Waals surface area contributed by atoms with E-state index >= 15 is 0 Å². The highest BCUT2D eigenvalue weighted by molar-refractivity contribution is 7.17. The van der Waals surface area contributed by atoms with Crippen LogP contribution in [0.15, 0.2) is 0 Å². The maximum atomic E-state index is 12.4. The summed E-state index contributed by atoms with van der Waals surface area (Å²) in [6.07, 6.45) is 5.47.